The summed E-state index contributed by atoms with van der Waals surface area (Å²) in [5.41, 5.74) is 0.565. The maximum Gasteiger partial charge on any atom is 0.410 e. The van der Waals surface area contributed by atoms with Crippen molar-refractivity contribution >= 4 is 12.0 Å². The fourth-order valence-corrected chi connectivity index (χ4v) is 2.72. The van der Waals surface area contributed by atoms with E-state index >= 15 is 0 Å². The summed E-state index contributed by atoms with van der Waals surface area (Å²) in [6.07, 6.45) is -0.319. The Labute approximate surface area is 152 Å². The zero-order chi connectivity index (χ0) is 18.7. The van der Waals surface area contributed by atoms with Crippen LogP contribution in [-0.2, 0) is 4.74 Å². The molecule has 1 aromatic heterocycles. The normalized spacial score (nSPS) is 14.8. The maximum atomic E-state index is 12.2. The van der Waals surface area contributed by atoms with Crippen LogP contribution in [-0.4, -0.2) is 47.8 Å². The van der Waals surface area contributed by atoms with Crippen LogP contribution in [0.3, 0.4) is 0 Å². The molecule has 0 bridgehead atoms. The molecule has 7 nitrogen and oxygen atoms in total. The molecule has 0 radical (unpaired) electrons. The fraction of sp³-hybridized carbons (Fsp3) is 0.421. The van der Waals surface area contributed by atoms with Crippen molar-refractivity contribution < 1.29 is 13.9 Å². The van der Waals surface area contributed by atoms with Gasteiger partial charge in [-0.05, 0) is 32.9 Å². The lowest BCUT2D eigenvalue weighted by molar-refractivity contribution is 0.0239. The van der Waals surface area contributed by atoms with Gasteiger partial charge in [0.15, 0.2) is 0 Å². The van der Waals surface area contributed by atoms with Crippen LogP contribution < -0.4 is 4.90 Å². The summed E-state index contributed by atoms with van der Waals surface area (Å²) in [5, 5.41) is 9.39. The standard InChI is InChI=1S/C19H22N4O3/c1-19(2,3)26-18(24)23-11-9-22(10-12-23)17-15(13-20)21-16(25-17)14-7-5-4-6-8-14/h4-8H,9-12H2,1-3H3. The van der Waals surface area contributed by atoms with E-state index in [0.29, 0.717) is 38.0 Å². The van der Waals surface area contributed by atoms with Crippen molar-refractivity contribution in [2.75, 3.05) is 31.1 Å². The van der Waals surface area contributed by atoms with Crippen molar-refractivity contribution in [3.63, 3.8) is 0 Å². The van der Waals surface area contributed by atoms with E-state index in [9.17, 15) is 10.1 Å². The molecule has 3 rings (SSSR count). The number of carbonyl (C=O) groups is 1. The zero-order valence-electron chi connectivity index (χ0n) is 15.2. The second kappa shape index (κ2) is 7.08. The molecule has 2 heterocycles. The maximum absolute atomic E-state index is 12.2. The van der Waals surface area contributed by atoms with E-state index in [2.05, 4.69) is 11.1 Å². The second-order valence-electron chi connectivity index (χ2n) is 7.11. The van der Waals surface area contributed by atoms with Gasteiger partial charge in [-0.3, -0.25) is 0 Å². The SMILES string of the molecule is CC(C)(C)OC(=O)N1CCN(c2oc(-c3ccccc3)nc2C#N)CC1. The summed E-state index contributed by atoms with van der Waals surface area (Å²) in [4.78, 5) is 20.1. The number of ether oxygens (including phenoxy) is 1. The van der Waals surface area contributed by atoms with Gasteiger partial charge in [-0.15, -0.1) is 0 Å². The second-order valence-corrected chi connectivity index (χ2v) is 7.11. The smallest absolute Gasteiger partial charge is 0.410 e. The molecule has 0 atom stereocenters. The summed E-state index contributed by atoms with van der Waals surface area (Å²) in [7, 11) is 0. The van der Waals surface area contributed by atoms with Gasteiger partial charge in [-0.2, -0.15) is 10.2 Å². The van der Waals surface area contributed by atoms with E-state index in [1.807, 2.05) is 56.0 Å². The molecular formula is C19H22N4O3. The molecule has 26 heavy (non-hydrogen) atoms. The van der Waals surface area contributed by atoms with Crippen molar-refractivity contribution in [2.24, 2.45) is 0 Å². The number of nitrogens with zero attached hydrogens (tertiary/aromatic N) is 4. The molecule has 0 aliphatic carbocycles. The van der Waals surface area contributed by atoms with Gasteiger partial charge in [0.2, 0.25) is 17.5 Å². The molecule has 136 valence electrons. The number of carbonyl (C=O) groups excluding carboxylic acids is 1. The molecule has 2 aromatic rings. The summed E-state index contributed by atoms with van der Waals surface area (Å²) in [6, 6.07) is 11.6. The molecular weight excluding hydrogens is 332 g/mol. The van der Waals surface area contributed by atoms with E-state index in [0.717, 1.165) is 5.56 Å². The summed E-state index contributed by atoms with van der Waals surface area (Å²) in [6.45, 7) is 7.65. The Bertz CT molecular complexity index is 810. The van der Waals surface area contributed by atoms with Gasteiger partial charge in [-0.1, -0.05) is 18.2 Å². The largest absolute Gasteiger partial charge is 0.444 e. The van der Waals surface area contributed by atoms with E-state index < -0.39 is 5.60 Å². The van der Waals surface area contributed by atoms with Crippen LogP contribution in [0.5, 0.6) is 0 Å². The minimum Gasteiger partial charge on any atom is -0.444 e. The van der Waals surface area contributed by atoms with Crippen LogP contribution in [0.25, 0.3) is 11.5 Å². The van der Waals surface area contributed by atoms with Gasteiger partial charge >= 0.3 is 6.09 Å². The third-order valence-electron chi connectivity index (χ3n) is 3.95. The van der Waals surface area contributed by atoms with Crippen LogP contribution in [0.4, 0.5) is 10.7 Å². The van der Waals surface area contributed by atoms with E-state index in [-0.39, 0.29) is 11.8 Å². The van der Waals surface area contributed by atoms with E-state index in [1.54, 1.807) is 4.90 Å². The number of benzene rings is 1. The van der Waals surface area contributed by atoms with Crippen LogP contribution in [0.1, 0.15) is 26.5 Å². The molecule has 1 aromatic carbocycles. The third kappa shape index (κ3) is 3.97. The Morgan fingerprint density at radius 1 is 1.19 bits per heavy atom. The lowest BCUT2D eigenvalue weighted by Crippen LogP contribution is -2.50. The summed E-state index contributed by atoms with van der Waals surface area (Å²) < 4.78 is 11.3. The van der Waals surface area contributed by atoms with E-state index in [1.165, 1.54) is 0 Å². The van der Waals surface area contributed by atoms with Crippen LogP contribution in [0, 0.1) is 11.3 Å². The monoisotopic (exact) mass is 354 g/mol. The Kier molecular flexibility index (Phi) is 4.85. The number of amides is 1. The number of hydrogen-bond acceptors (Lipinski definition) is 6. The first-order chi connectivity index (χ1) is 12.4. The number of nitriles is 1. The first kappa shape index (κ1) is 17.8. The minimum absolute atomic E-state index is 0.259. The average molecular weight is 354 g/mol. The number of piperazine rings is 1. The van der Waals surface area contributed by atoms with Gasteiger partial charge in [0, 0.05) is 31.7 Å². The topological polar surface area (TPSA) is 82.6 Å². The zero-order valence-corrected chi connectivity index (χ0v) is 15.2. The third-order valence-corrected chi connectivity index (χ3v) is 3.95. The number of aromatic nitrogens is 1. The van der Waals surface area contributed by atoms with Crippen LogP contribution in [0.15, 0.2) is 34.7 Å². The molecule has 0 spiro atoms. The molecule has 7 heteroatoms. The number of hydrogen-bond donors (Lipinski definition) is 0. The number of anilines is 1. The van der Waals surface area contributed by atoms with Gasteiger partial charge in [0.05, 0.1) is 0 Å². The Morgan fingerprint density at radius 3 is 2.42 bits per heavy atom. The van der Waals surface area contributed by atoms with Crippen molar-refractivity contribution in [1.29, 1.82) is 5.26 Å². The number of rotatable bonds is 2. The molecule has 1 amide bonds. The Hall–Kier alpha value is -3.01. The molecule has 0 N–H and O–H groups in total. The lowest BCUT2D eigenvalue weighted by Gasteiger charge is -2.35. The summed E-state index contributed by atoms with van der Waals surface area (Å²) in [5.74, 6) is 0.877. The molecule has 0 unspecified atom stereocenters. The average Bonchev–Trinajstić information content (AvgIpc) is 3.05. The predicted octanol–water partition coefficient (Wildman–Crippen LogP) is 3.27. The van der Waals surface area contributed by atoms with E-state index in [4.69, 9.17) is 9.15 Å². The minimum atomic E-state index is -0.516. The molecule has 1 saturated heterocycles. The van der Waals surface area contributed by atoms with Gasteiger partial charge < -0.3 is 19.0 Å². The Balaban J connectivity index is 1.71. The van der Waals surface area contributed by atoms with Gasteiger partial charge in [-0.25, -0.2) is 4.79 Å². The van der Waals surface area contributed by atoms with Crippen molar-refractivity contribution in [2.45, 2.75) is 26.4 Å². The van der Waals surface area contributed by atoms with Gasteiger partial charge in [0.1, 0.15) is 11.7 Å². The predicted molar refractivity (Wildman–Crippen MR) is 96.7 cm³/mol. The first-order valence-electron chi connectivity index (χ1n) is 8.56. The van der Waals surface area contributed by atoms with Crippen molar-refractivity contribution in [3.05, 3.63) is 36.0 Å². The molecule has 1 fully saturated rings. The van der Waals surface area contributed by atoms with Crippen molar-refractivity contribution in [3.8, 4) is 17.5 Å². The number of oxazole rings is 1. The fourth-order valence-electron chi connectivity index (χ4n) is 2.72. The lowest BCUT2D eigenvalue weighted by atomic mass is 10.2. The van der Waals surface area contributed by atoms with Crippen LogP contribution >= 0.6 is 0 Å². The van der Waals surface area contributed by atoms with Gasteiger partial charge in [0.25, 0.3) is 0 Å². The summed E-state index contributed by atoms with van der Waals surface area (Å²) >= 11 is 0. The molecule has 1 aliphatic heterocycles. The molecule has 1 aliphatic rings. The Morgan fingerprint density at radius 2 is 1.85 bits per heavy atom. The highest BCUT2D eigenvalue weighted by Crippen LogP contribution is 2.28. The quantitative estimate of drug-likeness (QED) is 0.823. The highest BCUT2D eigenvalue weighted by Gasteiger charge is 2.29. The van der Waals surface area contributed by atoms with Crippen molar-refractivity contribution in [1.82, 2.24) is 9.88 Å². The molecule has 0 saturated carbocycles. The van der Waals surface area contributed by atoms with Crippen LogP contribution in [0.2, 0.25) is 0 Å². The highest BCUT2D eigenvalue weighted by molar-refractivity contribution is 5.68. The highest BCUT2D eigenvalue weighted by atomic mass is 16.6. The first-order valence-corrected chi connectivity index (χ1v) is 8.56.